The van der Waals surface area contributed by atoms with Crippen LogP contribution >= 0.6 is 0 Å². The normalized spacial score (nSPS) is 12.8. The molecule has 0 aliphatic heterocycles. The highest BCUT2D eigenvalue weighted by Gasteiger charge is 2.08. The third-order valence-electron chi connectivity index (χ3n) is 2.26. The molecule has 0 fully saturated rings. The lowest BCUT2D eigenvalue weighted by atomic mass is 10.1. The van der Waals surface area contributed by atoms with Gasteiger partial charge in [0.05, 0.1) is 6.61 Å². The van der Waals surface area contributed by atoms with Crippen LogP contribution in [0.3, 0.4) is 0 Å². The molecule has 0 amide bonds. The summed E-state index contributed by atoms with van der Waals surface area (Å²) < 4.78 is 4.99. The fourth-order valence-electron chi connectivity index (χ4n) is 1.28. The van der Waals surface area contributed by atoms with Gasteiger partial charge in [0.1, 0.15) is 8.07 Å². The van der Waals surface area contributed by atoms with E-state index < -0.39 is 8.07 Å². The molecule has 0 radical (unpaired) electrons. The number of hydrogen-bond donors (Lipinski definition) is 0. The van der Waals surface area contributed by atoms with E-state index in [9.17, 15) is 4.79 Å². The molecule has 0 aromatic rings. The van der Waals surface area contributed by atoms with Crippen LogP contribution in [-0.2, 0) is 9.53 Å². The van der Waals surface area contributed by atoms with Crippen molar-refractivity contribution in [1.82, 2.24) is 0 Å². The van der Waals surface area contributed by atoms with Crippen LogP contribution < -0.4 is 0 Å². The van der Waals surface area contributed by atoms with Crippen LogP contribution in [0.1, 0.15) is 27.2 Å². The van der Waals surface area contributed by atoms with Crippen LogP contribution in [0.4, 0.5) is 0 Å². The number of ether oxygens (including phenoxy) is 1. The zero-order chi connectivity index (χ0) is 14.2. The molecular weight excluding hydrogens is 240 g/mol. The van der Waals surface area contributed by atoms with Crippen molar-refractivity contribution >= 4 is 14.0 Å². The van der Waals surface area contributed by atoms with Gasteiger partial charge in [0, 0.05) is 5.57 Å². The van der Waals surface area contributed by atoms with Gasteiger partial charge < -0.3 is 4.74 Å². The summed E-state index contributed by atoms with van der Waals surface area (Å²) >= 11 is 0. The molecule has 100 valence electrons. The van der Waals surface area contributed by atoms with E-state index in [1.165, 1.54) is 0 Å². The lowest BCUT2D eigenvalue weighted by molar-refractivity contribution is -0.138. The highest BCUT2D eigenvalue weighted by atomic mass is 28.3. The number of allylic oxidation sites excluding steroid dienone is 3. The van der Waals surface area contributed by atoms with Crippen LogP contribution in [-0.4, -0.2) is 20.7 Å². The fraction of sp³-hybridized carbons (Fsp3) is 0.533. The molecule has 2 nitrogen and oxygen atoms in total. The number of hydrogen-bond acceptors (Lipinski definition) is 2. The lowest BCUT2D eigenvalue weighted by Gasteiger charge is -2.05. The third kappa shape index (κ3) is 7.13. The lowest BCUT2D eigenvalue weighted by Crippen LogP contribution is -2.16. The second-order valence-corrected chi connectivity index (χ2v) is 9.83. The molecule has 0 aliphatic rings. The fourth-order valence-corrected chi connectivity index (χ4v) is 1.80. The SMILES string of the molecule is CCOC(=O)/C(C)=C(\C=C/C#C[Si](C)(C)C)CC. The monoisotopic (exact) mass is 264 g/mol. The number of carbonyl (C=O) groups excluding carboxylic acids is 1. The van der Waals surface area contributed by atoms with Gasteiger partial charge in [0.2, 0.25) is 0 Å². The van der Waals surface area contributed by atoms with E-state index in [4.69, 9.17) is 4.74 Å². The van der Waals surface area contributed by atoms with Crippen LogP contribution in [0.15, 0.2) is 23.3 Å². The minimum absolute atomic E-state index is 0.239. The molecule has 0 heterocycles. The first-order chi connectivity index (χ1) is 8.31. The van der Waals surface area contributed by atoms with Crippen molar-refractivity contribution in [3.8, 4) is 11.5 Å². The maximum atomic E-state index is 11.6. The standard InChI is InChI=1S/C15H24O2Si/c1-7-14(13(3)15(16)17-8-2)11-9-10-12-18(4,5)6/h9,11H,7-8H2,1-6H3/b11-9-,14-13-. The maximum Gasteiger partial charge on any atom is 0.333 e. The minimum Gasteiger partial charge on any atom is -0.463 e. The first kappa shape index (κ1) is 16.7. The Morgan fingerprint density at radius 1 is 1.28 bits per heavy atom. The zero-order valence-corrected chi connectivity index (χ0v) is 13.4. The molecule has 0 aromatic heterocycles. The average Bonchev–Trinajstić information content (AvgIpc) is 2.27. The summed E-state index contributed by atoms with van der Waals surface area (Å²) in [6.45, 7) is 12.6. The van der Waals surface area contributed by atoms with E-state index >= 15 is 0 Å². The van der Waals surface area contributed by atoms with Crippen LogP contribution in [0, 0.1) is 11.5 Å². The van der Waals surface area contributed by atoms with Gasteiger partial charge in [0.15, 0.2) is 0 Å². The molecule has 0 unspecified atom stereocenters. The summed E-state index contributed by atoms with van der Waals surface area (Å²) in [5.41, 5.74) is 4.91. The van der Waals surface area contributed by atoms with E-state index in [-0.39, 0.29) is 5.97 Å². The van der Waals surface area contributed by atoms with Crippen molar-refractivity contribution < 1.29 is 9.53 Å². The van der Waals surface area contributed by atoms with Gasteiger partial charge in [-0.2, -0.15) is 0 Å². The predicted octanol–water partition coefficient (Wildman–Crippen LogP) is 3.71. The number of carbonyl (C=O) groups is 1. The Labute approximate surface area is 112 Å². The van der Waals surface area contributed by atoms with Crippen molar-refractivity contribution in [2.45, 2.75) is 46.8 Å². The highest BCUT2D eigenvalue weighted by molar-refractivity contribution is 6.83. The summed E-state index contributed by atoms with van der Waals surface area (Å²) in [6, 6.07) is 0. The van der Waals surface area contributed by atoms with Crippen molar-refractivity contribution in [2.75, 3.05) is 6.61 Å². The van der Waals surface area contributed by atoms with Crippen molar-refractivity contribution in [3.05, 3.63) is 23.3 Å². The maximum absolute atomic E-state index is 11.6. The second kappa shape index (κ2) is 7.94. The third-order valence-corrected chi connectivity index (χ3v) is 3.15. The van der Waals surface area contributed by atoms with E-state index in [1.807, 2.05) is 26.0 Å². The molecule has 0 atom stereocenters. The van der Waals surface area contributed by atoms with E-state index in [2.05, 4.69) is 31.1 Å². The summed E-state index contributed by atoms with van der Waals surface area (Å²) in [4.78, 5) is 11.6. The second-order valence-electron chi connectivity index (χ2n) is 5.08. The van der Waals surface area contributed by atoms with Gasteiger partial charge >= 0.3 is 5.97 Å². The van der Waals surface area contributed by atoms with Crippen molar-refractivity contribution in [1.29, 1.82) is 0 Å². The van der Waals surface area contributed by atoms with Crippen LogP contribution in [0.25, 0.3) is 0 Å². The zero-order valence-electron chi connectivity index (χ0n) is 12.4. The Morgan fingerprint density at radius 3 is 2.33 bits per heavy atom. The van der Waals surface area contributed by atoms with E-state index in [0.717, 1.165) is 12.0 Å². The molecule has 0 bridgehead atoms. The number of rotatable bonds is 4. The molecule has 0 spiro atoms. The van der Waals surface area contributed by atoms with Crippen molar-refractivity contribution in [2.24, 2.45) is 0 Å². The number of esters is 1. The Kier molecular flexibility index (Phi) is 7.38. The average molecular weight is 264 g/mol. The summed E-state index contributed by atoms with van der Waals surface area (Å²) in [7, 11) is -1.32. The first-order valence-corrected chi connectivity index (χ1v) is 9.88. The van der Waals surface area contributed by atoms with Gasteiger partial charge in [-0.05, 0) is 31.9 Å². The Bertz CT molecular complexity index is 400. The predicted molar refractivity (Wildman–Crippen MR) is 79.9 cm³/mol. The Hall–Kier alpha value is -1.27. The van der Waals surface area contributed by atoms with Gasteiger partial charge in [-0.3, -0.25) is 0 Å². The summed E-state index contributed by atoms with van der Waals surface area (Å²) in [5.74, 6) is 2.82. The van der Waals surface area contributed by atoms with Gasteiger partial charge in [-0.1, -0.05) is 38.6 Å². The van der Waals surface area contributed by atoms with Crippen molar-refractivity contribution in [3.63, 3.8) is 0 Å². The van der Waals surface area contributed by atoms with Gasteiger partial charge in [-0.15, -0.1) is 5.54 Å². The van der Waals surface area contributed by atoms with E-state index in [0.29, 0.717) is 12.2 Å². The highest BCUT2D eigenvalue weighted by Crippen LogP contribution is 2.11. The molecule has 0 aromatic carbocycles. The van der Waals surface area contributed by atoms with Gasteiger partial charge in [0.25, 0.3) is 0 Å². The molecule has 18 heavy (non-hydrogen) atoms. The minimum atomic E-state index is -1.32. The molecule has 3 heteroatoms. The molecular formula is C15H24O2Si. The molecule has 0 rings (SSSR count). The van der Waals surface area contributed by atoms with Gasteiger partial charge in [-0.25, -0.2) is 4.79 Å². The molecule has 0 saturated heterocycles. The smallest absolute Gasteiger partial charge is 0.333 e. The topological polar surface area (TPSA) is 26.3 Å². The summed E-state index contributed by atoms with van der Waals surface area (Å²) in [6.07, 6.45) is 4.55. The Morgan fingerprint density at radius 2 is 1.89 bits per heavy atom. The summed E-state index contributed by atoms with van der Waals surface area (Å²) in [5, 5.41) is 0. The largest absolute Gasteiger partial charge is 0.463 e. The molecule has 0 saturated carbocycles. The first-order valence-electron chi connectivity index (χ1n) is 6.38. The van der Waals surface area contributed by atoms with E-state index in [1.54, 1.807) is 6.92 Å². The Balaban J connectivity index is 4.88. The molecule has 0 N–H and O–H groups in total. The van der Waals surface area contributed by atoms with Crippen LogP contribution in [0.2, 0.25) is 19.6 Å². The van der Waals surface area contributed by atoms with Crippen LogP contribution in [0.5, 0.6) is 0 Å². The quantitative estimate of drug-likeness (QED) is 0.254. The molecule has 0 aliphatic carbocycles.